The van der Waals surface area contributed by atoms with Crippen molar-refractivity contribution in [1.82, 2.24) is 4.90 Å². The van der Waals surface area contributed by atoms with Crippen LogP contribution in [-0.2, 0) is 33.3 Å². The first-order chi connectivity index (χ1) is 30.2. The van der Waals surface area contributed by atoms with E-state index in [4.69, 9.17) is 23.7 Å². The fraction of sp³-hybridized carbons (Fsp3) is 0.865. The molecule has 10 heteroatoms. The molecule has 3 atom stereocenters. The molecule has 0 aromatic carbocycles. The highest BCUT2D eigenvalue weighted by Crippen LogP contribution is 2.25. The highest BCUT2D eigenvalue weighted by Gasteiger charge is 2.33. The summed E-state index contributed by atoms with van der Waals surface area (Å²) in [6, 6.07) is 0. The molecule has 0 aliphatic heterocycles. The minimum atomic E-state index is -1.01. The van der Waals surface area contributed by atoms with Gasteiger partial charge in [-0.1, -0.05) is 149 Å². The van der Waals surface area contributed by atoms with Crippen LogP contribution < -0.4 is 0 Å². The molecule has 0 saturated carbocycles. The van der Waals surface area contributed by atoms with Gasteiger partial charge in [-0.2, -0.15) is 0 Å². The lowest BCUT2D eigenvalue weighted by Gasteiger charge is -2.26. The van der Waals surface area contributed by atoms with Gasteiger partial charge in [-0.25, -0.2) is 4.79 Å². The number of rotatable bonds is 46. The Balaban J connectivity index is 5.26. The van der Waals surface area contributed by atoms with Gasteiger partial charge < -0.3 is 33.7 Å². The Morgan fingerprint density at radius 1 is 0.581 bits per heavy atom. The number of aliphatic carboxylic acids is 1. The zero-order chi connectivity index (χ0) is 45.7. The van der Waals surface area contributed by atoms with Crippen LogP contribution in [0.4, 0.5) is 4.79 Å². The first kappa shape index (κ1) is 59.6. The number of allylic oxidation sites excluding steroid dienone is 4. The van der Waals surface area contributed by atoms with Crippen molar-refractivity contribution in [2.24, 2.45) is 11.8 Å². The highest BCUT2D eigenvalue weighted by atomic mass is 16.7. The summed E-state index contributed by atoms with van der Waals surface area (Å²) in [6.07, 6.45) is 34.7. The van der Waals surface area contributed by atoms with Crippen molar-refractivity contribution >= 4 is 18.1 Å². The SMILES string of the molecule is CCCCC/C=C\C/C=C\CCCCCC(OC(=O)CCCCC(OCCCCCCCC)OCCCCCCCC)C(CC(C)COC(=O)OCCCN(CC)CC)C(=O)O. The van der Waals surface area contributed by atoms with Crippen molar-refractivity contribution in [3.63, 3.8) is 0 Å². The summed E-state index contributed by atoms with van der Waals surface area (Å²) in [7, 11) is 0. The van der Waals surface area contributed by atoms with Gasteiger partial charge in [0.1, 0.15) is 6.10 Å². The predicted octanol–water partition coefficient (Wildman–Crippen LogP) is 14.2. The maximum Gasteiger partial charge on any atom is 0.508 e. The van der Waals surface area contributed by atoms with E-state index in [9.17, 15) is 19.5 Å². The van der Waals surface area contributed by atoms with Gasteiger partial charge in [-0.15, -0.1) is 0 Å². The maximum absolute atomic E-state index is 13.3. The number of carbonyl (C=O) groups is 3. The number of hydrogen-bond donors (Lipinski definition) is 1. The standard InChI is InChI=1S/C52H97NO9/c1-7-12-15-18-21-22-23-24-25-26-27-28-31-37-48(47(51(55)56)44-46(6)45-61-52(57)60-43-36-40-53(10-4)11-5)62-49(54)38-32-33-39-50(58-41-34-29-19-16-13-8-2)59-42-35-30-20-17-14-9-3/h21-22,24-25,46-48,50H,7-20,23,26-45H2,1-6H3,(H,55,56)/b22-21-,25-24-. The topological polar surface area (TPSA) is 121 Å². The average molecular weight is 880 g/mol. The summed E-state index contributed by atoms with van der Waals surface area (Å²) in [6.45, 7) is 17.1. The molecular formula is C52H97NO9. The Labute approximate surface area is 381 Å². The molecule has 0 aliphatic carbocycles. The van der Waals surface area contributed by atoms with Crippen LogP contribution in [0.1, 0.15) is 221 Å². The molecule has 62 heavy (non-hydrogen) atoms. The van der Waals surface area contributed by atoms with Gasteiger partial charge >= 0.3 is 18.1 Å². The molecule has 1 N–H and O–H groups in total. The molecule has 3 unspecified atom stereocenters. The lowest BCUT2D eigenvalue weighted by atomic mass is 9.88. The molecule has 364 valence electrons. The van der Waals surface area contributed by atoms with Crippen molar-refractivity contribution in [2.75, 3.05) is 46.1 Å². The zero-order valence-corrected chi connectivity index (χ0v) is 41.0. The Hall–Kier alpha value is -2.43. The van der Waals surface area contributed by atoms with Crippen molar-refractivity contribution in [3.05, 3.63) is 24.3 Å². The van der Waals surface area contributed by atoms with E-state index in [2.05, 4.69) is 63.8 Å². The number of esters is 1. The fourth-order valence-electron chi connectivity index (χ4n) is 7.51. The monoisotopic (exact) mass is 880 g/mol. The van der Waals surface area contributed by atoms with E-state index < -0.39 is 24.1 Å². The van der Waals surface area contributed by atoms with E-state index >= 15 is 0 Å². The third-order valence-electron chi connectivity index (χ3n) is 11.5. The van der Waals surface area contributed by atoms with Gasteiger partial charge in [0.25, 0.3) is 0 Å². The highest BCUT2D eigenvalue weighted by molar-refractivity contribution is 5.73. The minimum Gasteiger partial charge on any atom is -0.481 e. The Morgan fingerprint density at radius 3 is 1.69 bits per heavy atom. The quantitative estimate of drug-likeness (QED) is 0.0274. The van der Waals surface area contributed by atoms with Gasteiger partial charge in [0.05, 0.1) is 19.1 Å². The number of nitrogens with zero attached hydrogens (tertiary/aromatic N) is 1. The summed E-state index contributed by atoms with van der Waals surface area (Å²) in [5.74, 6) is -2.56. The van der Waals surface area contributed by atoms with Crippen LogP contribution in [0.2, 0.25) is 0 Å². The summed E-state index contributed by atoms with van der Waals surface area (Å²) in [4.78, 5) is 40.6. The number of carbonyl (C=O) groups excluding carboxylic acids is 2. The molecule has 0 aromatic heterocycles. The number of carboxylic acids is 1. The van der Waals surface area contributed by atoms with Gasteiger partial charge in [-0.3, -0.25) is 9.59 Å². The molecule has 0 spiro atoms. The third kappa shape index (κ3) is 38.1. The molecule has 0 bridgehead atoms. The largest absolute Gasteiger partial charge is 0.508 e. The van der Waals surface area contributed by atoms with Gasteiger partial charge in [0, 0.05) is 26.2 Å². The molecule has 0 aromatic rings. The van der Waals surface area contributed by atoms with E-state index in [0.717, 1.165) is 77.4 Å². The third-order valence-corrected chi connectivity index (χ3v) is 11.5. The van der Waals surface area contributed by atoms with E-state index in [-0.39, 0.29) is 44.2 Å². The fourth-order valence-corrected chi connectivity index (χ4v) is 7.51. The number of hydrogen-bond acceptors (Lipinski definition) is 9. The Morgan fingerprint density at radius 2 is 1.11 bits per heavy atom. The molecular weight excluding hydrogens is 783 g/mol. The van der Waals surface area contributed by atoms with Crippen LogP contribution in [0.25, 0.3) is 0 Å². The van der Waals surface area contributed by atoms with Crippen LogP contribution in [0.15, 0.2) is 24.3 Å². The molecule has 0 amide bonds. The minimum absolute atomic E-state index is 0.0304. The van der Waals surface area contributed by atoms with Crippen molar-refractivity contribution in [3.8, 4) is 0 Å². The first-order valence-electron chi connectivity index (χ1n) is 25.7. The summed E-state index contributed by atoms with van der Waals surface area (Å²) in [5, 5.41) is 10.4. The van der Waals surface area contributed by atoms with E-state index in [1.807, 2.05) is 6.92 Å². The van der Waals surface area contributed by atoms with Gasteiger partial charge in [-0.05, 0) is 109 Å². The summed E-state index contributed by atoms with van der Waals surface area (Å²) in [5.41, 5.74) is 0. The zero-order valence-electron chi connectivity index (χ0n) is 41.0. The van der Waals surface area contributed by atoms with Crippen LogP contribution in [0.3, 0.4) is 0 Å². The van der Waals surface area contributed by atoms with Gasteiger partial charge in [0.2, 0.25) is 0 Å². The van der Waals surface area contributed by atoms with Gasteiger partial charge in [0.15, 0.2) is 6.29 Å². The number of carboxylic acid groups (broad SMARTS) is 1. The molecule has 10 nitrogen and oxygen atoms in total. The smallest absolute Gasteiger partial charge is 0.481 e. The van der Waals surface area contributed by atoms with Crippen LogP contribution in [0.5, 0.6) is 0 Å². The van der Waals surface area contributed by atoms with Crippen molar-refractivity contribution in [1.29, 1.82) is 0 Å². The van der Waals surface area contributed by atoms with Crippen LogP contribution in [0, 0.1) is 11.8 Å². The molecule has 0 heterocycles. The van der Waals surface area contributed by atoms with E-state index in [0.29, 0.717) is 38.9 Å². The molecule has 0 rings (SSSR count). The Bertz CT molecular complexity index is 1060. The lowest BCUT2D eigenvalue weighted by molar-refractivity contribution is -0.161. The first-order valence-corrected chi connectivity index (χ1v) is 25.7. The second kappa shape index (κ2) is 45.1. The molecule has 0 fully saturated rings. The molecule has 0 aliphatic rings. The summed E-state index contributed by atoms with van der Waals surface area (Å²) >= 11 is 0. The van der Waals surface area contributed by atoms with Crippen molar-refractivity contribution in [2.45, 2.75) is 234 Å². The number of ether oxygens (including phenoxy) is 5. The van der Waals surface area contributed by atoms with Crippen molar-refractivity contribution < 1.29 is 43.2 Å². The average Bonchev–Trinajstić information content (AvgIpc) is 3.26. The molecule has 0 radical (unpaired) electrons. The lowest BCUT2D eigenvalue weighted by Crippen LogP contribution is -2.34. The van der Waals surface area contributed by atoms with Crippen LogP contribution in [-0.4, -0.2) is 86.6 Å². The van der Waals surface area contributed by atoms with E-state index in [1.165, 1.54) is 83.5 Å². The normalized spacial score (nSPS) is 13.4. The summed E-state index contributed by atoms with van der Waals surface area (Å²) < 4.78 is 29.0. The maximum atomic E-state index is 13.3. The van der Waals surface area contributed by atoms with Crippen LogP contribution >= 0.6 is 0 Å². The second-order valence-electron chi connectivity index (χ2n) is 17.4. The predicted molar refractivity (Wildman–Crippen MR) is 256 cm³/mol. The molecule has 0 saturated heterocycles. The second-order valence-corrected chi connectivity index (χ2v) is 17.4. The number of unbranched alkanes of at least 4 members (excludes halogenated alkanes) is 17. The van der Waals surface area contributed by atoms with E-state index in [1.54, 1.807) is 0 Å². The Kier molecular flexibility index (Phi) is 43.4.